The largest absolute Gasteiger partial charge is 0.497 e. The van der Waals surface area contributed by atoms with Crippen LogP contribution in [0.15, 0.2) is 24.3 Å². The van der Waals surface area contributed by atoms with E-state index < -0.39 is 0 Å². The molecule has 0 aliphatic rings. The quantitative estimate of drug-likeness (QED) is 0.755. The van der Waals surface area contributed by atoms with Gasteiger partial charge in [0, 0.05) is 13.1 Å². The zero-order chi connectivity index (χ0) is 12.7. The summed E-state index contributed by atoms with van der Waals surface area (Å²) in [7, 11) is 1.67. The van der Waals surface area contributed by atoms with Crippen molar-refractivity contribution in [2.75, 3.05) is 20.2 Å². The predicted octanol–water partition coefficient (Wildman–Crippen LogP) is 2.19. The van der Waals surface area contributed by atoms with Crippen molar-refractivity contribution in [2.24, 2.45) is 5.73 Å². The van der Waals surface area contributed by atoms with E-state index >= 15 is 0 Å². The molecule has 0 amide bonds. The third-order valence-electron chi connectivity index (χ3n) is 2.48. The van der Waals surface area contributed by atoms with Gasteiger partial charge in [-0.05, 0) is 30.7 Å². The molecule has 0 saturated carbocycles. The number of hydrogen-bond donors (Lipinski definition) is 1. The number of thiocarbonyl (C=S) groups is 1. The number of ether oxygens (including phenoxy) is 1. The van der Waals surface area contributed by atoms with E-state index in [2.05, 4.69) is 24.0 Å². The fourth-order valence-electron chi connectivity index (χ4n) is 1.74. The van der Waals surface area contributed by atoms with Gasteiger partial charge in [-0.25, -0.2) is 0 Å². The maximum Gasteiger partial charge on any atom is 0.118 e. The van der Waals surface area contributed by atoms with Crippen LogP contribution in [-0.2, 0) is 6.54 Å². The Bertz CT molecular complexity index is 351. The van der Waals surface area contributed by atoms with Crippen LogP contribution in [0.2, 0.25) is 0 Å². The summed E-state index contributed by atoms with van der Waals surface area (Å²) in [4.78, 5) is 2.80. The van der Waals surface area contributed by atoms with Gasteiger partial charge in [0.2, 0.25) is 0 Å². The fraction of sp³-hybridized carbons (Fsp3) is 0.462. The lowest BCUT2D eigenvalue weighted by Crippen LogP contribution is -2.32. The molecule has 17 heavy (non-hydrogen) atoms. The van der Waals surface area contributed by atoms with Gasteiger partial charge in [-0.15, -0.1) is 0 Å². The van der Waals surface area contributed by atoms with E-state index in [1.807, 2.05) is 12.1 Å². The van der Waals surface area contributed by atoms with Crippen molar-refractivity contribution in [3.63, 3.8) is 0 Å². The van der Waals surface area contributed by atoms with Crippen LogP contribution in [0.3, 0.4) is 0 Å². The second kappa shape index (κ2) is 7.25. The standard InChI is InChI=1S/C13H20N2OS/c1-3-8-15(10-13(14)17)9-11-4-6-12(16-2)7-5-11/h4-7H,3,8-10H2,1-2H3,(H2,14,17). The molecule has 0 unspecified atom stereocenters. The van der Waals surface area contributed by atoms with Crippen LogP contribution in [0, 0.1) is 0 Å². The number of methoxy groups -OCH3 is 1. The highest BCUT2D eigenvalue weighted by molar-refractivity contribution is 7.80. The molecule has 0 radical (unpaired) electrons. The summed E-state index contributed by atoms with van der Waals surface area (Å²) in [6.07, 6.45) is 1.10. The first-order valence-electron chi connectivity index (χ1n) is 5.79. The van der Waals surface area contributed by atoms with E-state index in [1.54, 1.807) is 7.11 Å². The Hall–Kier alpha value is -1.13. The van der Waals surface area contributed by atoms with Crippen LogP contribution in [0.5, 0.6) is 5.75 Å². The van der Waals surface area contributed by atoms with Crippen LogP contribution in [-0.4, -0.2) is 30.1 Å². The molecular formula is C13H20N2OS. The van der Waals surface area contributed by atoms with Crippen LogP contribution >= 0.6 is 12.2 Å². The molecule has 2 N–H and O–H groups in total. The van der Waals surface area contributed by atoms with Crippen molar-refractivity contribution in [1.29, 1.82) is 0 Å². The van der Waals surface area contributed by atoms with Gasteiger partial charge in [-0.1, -0.05) is 31.3 Å². The molecular weight excluding hydrogens is 232 g/mol. The molecule has 3 nitrogen and oxygen atoms in total. The van der Waals surface area contributed by atoms with E-state index in [4.69, 9.17) is 22.7 Å². The summed E-state index contributed by atoms with van der Waals surface area (Å²) >= 11 is 4.96. The summed E-state index contributed by atoms with van der Waals surface area (Å²) in [6.45, 7) is 4.70. The van der Waals surface area contributed by atoms with E-state index in [1.165, 1.54) is 5.56 Å². The zero-order valence-electron chi connectivity index (χ0n) is 10.5. The van der Waals surface area contributed by atoms with Gasteiger partial charge < -0.3 is 10.5 Å². The number of nitrogens with zero attached hydrogens (tertiary/aromatic N) is 1. The lowest BCUT2D eigenvalue weighted by Gasteiger charge is -2.21. The fourth-order valence-corrected chi connectivity index (χ4v) is 1.92. The molecule has 0 saturated heterocycles. The van der Waals surface area contributed by atoms with Crippen molar-refractivity contribution >= 4 is 17.2 Å². The third kappa shape index (κ3) is 5.15. The Balaban J connectivity index is 2.61. The lowest BCUT2D eigenvalue weighted by atomic mass is 10.2. The van der Waals surface area contributed by atoms with Gasteiger partial charge in [0.25, 0.3) is 0 Å². The summed E-state index contributed by atoms with van der Waals surface area (Å²) in [5.74, 6) is 0.880. The van der Waals surface area contributed by atoms with Crippen molar-refractivity contribution in [3.8, 4) is 5.75 Å². The lowest BCUT2D eigenvalue weighted by molar-refractivity contribution is 0.304. The average Bonchev–Trinajstić information content (AvgIpc) is 2.29. The molecule has 0 aromatic heterocycles. The van der Waals surface area contributed by atoms with Gasteiger partial charge in [0.05, 0.1) is 12.1 Å². The molecule has 94 valence electrons. The Morgan fingerprint density at radius 1 is 1.35 bits per heavy atom. The molecule has 0 fully saturated rings. The van der Waals surface area contributed by atoms with Crippen LogP contribution in [0.25, 0.3) is 0 Å². The zero-order valence-corrected chi connectivity index (χ0v) is 11.3. The summed E-state index contributed by atoms with van der Waals surface area (Å²) < 4.78 is 5.13. The molecule has 0 heterocycles. The monoisotopic (exact) mass is 252 g/mol. The molecule has 0 atom stereocenters. The number of rotatable bonds is 7. The second-order valence-corrected chi connectivity index (χ2v) is 4.55. The number of nitrogens with two attached hydrogens (primary N) is 1. The Labute approximate surface area is 109 Å². The third-order valence-corrected chi connectivity index (χ3v) is 2.61. The molecule has 0 spiro atoms. The summed E-state index contributed by atoms with van der Waals surface area (Å²) in [5.41, 5.74) is 6.84. The second-order valence-electron chi connectivity index (χ2n) is 4.03. The van der Waals surface area contributed by atoms with Crippen LogP contribution in [0.1, 0.15) is 18.9 Å². The Kier molecular flexibility index (Phi) is 5.94. The number of benzene rings is 1. The minimum atomic E-state index is 0.548. The first kappa shape index (κ1) is 13.9. The maximum absolute atomic E-state index is 5.59. The minimum Gasteiger partial charge on any atom is -0.497 e. The van der Waals surface area contributed by atoms with E-state index in [0.717, 1.165) is 25.3 Å². The van der Waals surface area contributed by atoms with Crippen molar-refractivity contribution in [3.05, 3.63) is 29.8 Å². The van der Waals surface area contributed by atoms with Gasteiger partial charge in [0.1, 0.15) is 5.75 Å². The molecule has 1 aromatic rings. The minimum absolute atomic E-state index is 0.548. The van der Waals surface area contributed by atoms with Crippen LogP contribution < -0.4 is 10.5 Å². The van der Waals surface area contributed by atoms with Crippen molar-refractivity contribution < 1.29 is 4.74 Å². The smallest absolute Gasteiger partial charge is 0.118 e. The highest BCUT2D eigenvalue weighted by Crippen LogP contribution is 2.13. The molecule has 1 rings (SSSR count). The van der Waals surface area contributed by atoms with Gasteiger partial charge in [0.15, 0.2) is 0 Å². The van der Waals surface area contributed by atoms with Crippen molar-refractivity contribution in [1.82, 2.24) is 4.90 Å². The molecule has 0 bridgehead atoms. The van der Waals surface area contributed by atoms with Crippen LogP contribution in [0.4, 0.5) is 0 Å². The molecule has 0 aliphatic heterocycles. The average molecular weight is 252 g/mol. The molecule has 4 heteroatoms. The summed E-state index contributed by atoms with van der Waals surface area (Å²) in [6, 6.07) is 8.09. The highest BCUT2D eigenvalue weighted by atomic mass is 32.1. The molecule has 1 aromatic carbocycles. The maximum atomic E-state index is 5.59. The summed E-state index contributed by atoms with van der Waals surface area (Å²) in [5, 5.41) is 0. The number of hydrogen-bond acceptors (Lipinski definition) is 3. The molecule has 0 aliphatic carbocycles. The highest BCUT2D eigenvalue weighted by Gasteiger charge is 2.06. The Morgan fingerprint density at radius 2 is 2.00 bits per heavy atom. The first-order valence-corrected chi connectivity index (χ1v) is 6.20. The Morgan fingerprint density at radius 3 is 2.47 bits per heavy atom. The van der Waals surface area contributed by atoms with Gasteiger partial charge in [-0.2, -0.15) is 0 Å². The van der Waals surface area contributed by atoms with E-state index in [-0.39, 0.29) is 0 Å². The van der Waals surface area contributed by atoms with E-state index in [9.17, 15) is 0 Å². The normalized spacial score (nSPS) is 10.5. The van der Waals surface area contributed by atoms with Crippen molar-refractivity contribution in [2.45, 2.75) is 19.9 Å². The van der Waals surface area contributed by atoms with E-state index in [0.29, 0.717) is 11.5 Å². The SMILES string of the molecule is CCCN(CC(N)=S)Cc1ccc(OC)cc1. The predicted molar refractivity (Wildman–Crippen MR) is 75.3 cm³/mol. The van der Waals surface area contributed by atoms with Gasteiger partial charge >= 0.3 is 0 Å². The first-order chi connectivity index (χ1) is 8.15. The van der Waals surface area contributed by atoms with Gasteiger partial charge in [-0.3, -0.25) is 4.90 Å². The topological polar surface area (TPSA) is 38.5 Å².